The highest BCUT2D eigenvalue weighted by molar-refractivity contribution is 7.89. The zero-order valence-corrected chi connectivity index (χ0v) is 19.8. The van der Waals surface area contributed by atoms with E-state index in [1.165, 1.54) is 12.1 Å². The van der Waals surface area contributed by atoms with E-state index in [0.29, 0.717) is 29.9 Å². The van der Waals surface area contributed by atoms with E-state index < -0.39 is 75.3 Å². The van der Waals surface area contributed by atoms with E-state index in [0.717, 1.165) is 18.2 Å². The summed E-state index contributed by atoms with van der Waals surface area (Å²) in [5.41, 5.74) is -1.74. The Balaban J connectivity index is 1.60. The van der Waals surface area contributed by atoms with Crippen molar-refractivity contribution in [3.63, 3.8) is 0 Å². The van der Waals surface area contributed by atoms with Gasteiger partial charge in [0.1, 0.15) is 11.9 Å². The molecule has 2 atom stereocenters. The number of likely N-dealkylation sites (tertiary alicyclic amines) is 1. The number of carbonyl (C=O) groups excluding carboxylic acids is 2. The molecule has 2 aromatic carbocycles. The second-order valence-electron chi connectivity index (χ2n) is 9.14. The summed E-state index contributed by atoms with van der Waals surface area (Å²) in [7, 11) is -4.20. The normalized spacial score (nSPS) is 20.5. The third kappa shape index (κ3) is 5.90. The molecule has 2 aliphatic rings. The van der Waals surface area contributed by atoms with Crippen molar-refractivity contribution in [1.29, 1.82) is 0 Å². The van der Waals surface area contributed by atoms with Gasteiger partial charge in [0.2, 0.25) is 15.9 Å². The predicted octanol–water partition coefficient (Wildman–Crippen LogP) is 3.61. The molecule has 1 aliphatic carbocycles. The van der Waals surface area contributed by atoms with Crippen LogP contribution < -0.4 is 10.5 Å². The van der Waals surface area contributed by atoms with Gasteiger partial charge in [-0.25, -0.2) is 26.7 Å². The molecule has 0 aromatic heterocycles. The number of nitrogens with two attached hydrogens (primary N) is 1. The molecular weight excluding hydrogens is 528 g/mol. The lowest BCUT2D eigenvalue weighted by atomic mass is 9.99. The van der Waals surface area contributed by atoms with Gasteiger partial charge in [0.05, 0.1) is 23.0 Å². The number of carbonyl (C=O) groups is 2. The van der Waals surface area contributed by atoms with Gasteiger partial charge in [-0.3, -0.25) is 9.59 Å². The van der Waals surface area contributed by atoms with Crippen molar-refractivity contribution in [1.82, 2.24) is 10.2 Å². The Hall–Kier alpha value is -3.13. The Morgan fingerprint density at radius 2 is 1.78 bits per heavy atom. The summed E-state index contributed by atoms with van der Waals surface area (Å²) in [5.74, 6) is -7.08. The molecule has 0 unspecified atom stereocenters. The number of primary sulfonamides is 1. The summed E-state index contributed by atoms with van der Waals surface area (Å²) < 4.78 is 105. The van der Waals surface area contributed by atoms with E-state index in [2.05, 4.69) is 5.32 Å². The van der Waals surface area contributed by atoms with Gasteiger partial charge >= 0.3 is 6.18 Å². The maximum atomic E-state index is 14.6. The summed E-state index contributed by atoms with van der Waals surface area (Å²) in [6, 6.07) is 3.44. The van der Waals surface area contributed by atoms with Gasteiger partial charge in [-0.15, -0.1) is 0 Å². The highest BCUT2D eigenvalue weighted by Crippen LogP contribution is 2.43. The first kappa shape index (κ1) is 26.9. The molecule has 2 aromatic rings. The number of nitrogens with one attached hydrogen (secondary N) is 1. The zero-order chi connectivity index (χ0) is 27.3. The molecule has 200 valence electrons. The summed E-state index contributed by atoms with van der Waals surface area (Å²) in [6.07, 6.45) is -4.79. The smallest absolute Gasteiger partial charge is 0.347 e. The lowest BCUT2D eigenvalue weighted by Crippen LogP contribution is -2.47. The lowest BCUT2D eigenvalue weighted by Gasteiger charge is -2.27. The quantitative estimate of drug-likeness (QED) is 0.537. The molecule has 37 heavy (non-hydrogen) atoms. The number of benzene rings is 2. The third-order valence-electron chi connectivity index (χ3n) is 6.30. The van der Waals surface area contributed by atoms with Gasteiger partial charge in [-0.2, -0.15) is 13.2 Å². The van der Waals surface area contributed by atoms with Crippen molar-refractivity contribution in [3.05, 3.63) is 65.0 Å². The maximum Gasteiger partial charge on any atom is 0.416 e. The number of hydrogen-bond acceptors (Lipinski definition) is 4. The maximum absolute atomic E-state index is 14.6. The van der Waals surface area contributed by atoms with Crippen molar-refractivity contribution in [2.45, 2.75) is 48.3 Å². The number of rotatable bonds is 6. The number of alkyl halides is 5. The number of sulfonamides is 1. The minimum absolute atomic E-state index is 0.229. The fraction of sp³-hybridized carbons (Fsp3) is 0.391. The monoisotopic (exact) mass is 549 g/mol. The topological polar surface area (TPSA) is 110 Å². The Labute approximate surface area is 207 Å². The fourth-order valence-corrected chi connectivity index (χ4v) is 4.88. The van der Waals surface area contributed by atoms with Crippen LogP contribution in [0.1, 0.15) is 46.8 Å². The molecule has 2 amide bonds. The molecule has 14 heteroatoms. The van der Waals surface area contributed by atoms with Gasteiger partial charge in [0, 0.05) is 17.5 Å². The summed E-state index contributed by atoms with van der Waals surface area (Å²) >= 11 is 0. The standard InChI is InChI=1S/C23H21F6N3O4S/c24-17-9-14(23(27,28)29)6-7-16(17)19(12-4-5-12)31-20(33)18-10-22(25,26)11-32(18)21(34)13-2-1-3-15(8-13)37(30,35)36/h1-3,6-9,12,18-19H,4-5,10-11H2,(H,31,33)(H2,30,35,36)/t18-,19-/m1/s1. The first-order valence-corrected chi connectivity index (χ1v) is 12.6. The number of halogens is 6. The summed E-state index contributed by atoms with van der Waals surface area (Å²) in [6.45, 7) is -1.13. The second kappa shape index (κ2) is 9.31. The molecule has 0 bridgehead atoms. The molecule has 1 saturated heterocycles. The van der Waals surface area contributed by atoms with Gasteiger partial charge in [0.25, 0.3) is 11.8 Å². The van der Waals surface area contributed by atoms with E-state index in [4.69, 9.17) is 5.14 Å². The number of amides is 2. The van der Waals surface area contributed by atoms with Crippen LogP contribution in [0.5, 0.6) is 0 Å². The molecule has 4 rings (SSSR count). The van der Waals surface area contributed by atoms with Crippen LogP contribution in [-0.2, 0) is 21.0 Å². The van der Waals surface area contributed by atoms with Crippen LogP contribution in [0, 0.1) is 11.7 Å². The highest BCUT2D eigenvalue weighted by atomic mass is 32.2. The lowest BCUT2D eigenvalue weighted by molar-refractivity contribution is -0.137. The average molecular weight is 549 g/mol. The minimum Gasteiger partial charge on any atom is -0.347 e. The highest BCUT2D eigenvalue weighted by Gasteiger charge is 2.51. The van der Waals surface area contributed by atoms with Crippen LogP contribution in [0.2, 0.25) is 0 Å². The van der Waals surface area contributed by atoms with Gasteiger partial charge in [-0.05, 0) is 49.1 Å². The summed E-state index contributed by atoms with van der Waals surface area (Å²) in [5, 5.41) is 7.50. The van der Waals surface area contributed by atoms with Gasteiger partial charge < -0.3 is 10.2 Å². The van der Waals surface area contributed by atoms with Crippen molar-refractivity contribution < 1.29 is 44.3 Å². The molecule has 0 radical (unpaired) electrons. The molecule has 1 aliphatic heterocycles. The first-order chi connectivity index (χ1) is 17.1. The van der Waals surface area contributed by atoms with Crippen LogP contribution in [-0.4, -0.2) is 43.6 Å². The first-order valence-electron chi connectivity index (χ1n) is 11.1. The van der Waals surface area contributed by atoms with E-state index >= 15 is 0 Å². The molecule has 1 heterocycles. The van der Waals surface area contributed by atoms with Crippen molar-refractivity contribution in [3.8, 4) is 0 Å². The van der Waals surface area contributed by atoms with Gasteiger partial charge in [-0.1, -0.05) is 12.1 Å². The molecule has 2 fully saturated rings. The summed E-state index contributed by atoms with van der Waals surface area (Å²) in [4.78, 5) is 26.3. The van der Waals surface area contributed by atoms with Gasteiger partial charge in [0.15, 0.2) is 0 Å². The molecule has 1 saturated carbocycles. The van der Waals surface area contributed by atoms with E-state index in [-0.39, 0.29) is 17.0 Å². The number of hydrogen-bond donors (Lipinski definition) is 2. The van der Waals surface area contributed by atoms with Crippen LogP contribution in [0.25, 0.3) is 0 Å². The molecule has 0 spiro atoms. The fourth-order valence-electron chi connectivity index (χ4n) is 4.32. The minimum atomic E-state index is -4.78. The largest absolute Gasteiger partial charge is 0.416 e. The van der Waals surface area contributed by atoms with Crippen LogP contribution >= 0.6 is 0 Å². The van der Waals surface area contributed by atoms with Crippen LogP contribution in [0.3, 0.4) is 0 Å². The van der Waals surface area contributed by atoms with E-state index in [9.17, 15) is 44.3 Å². The SMILES string of the molecule is NS(=O)(=O)c1cccc(C(=O)N2CC(F)(F)C[C@@H]2C(=O)N[C@@H](c2ccc(C(F)(F)F)cc2F)C2CC2)c1. The molecule has 7 nitrogen and oxygen atoms in total. The Morgan fingerprint density at radius 1 is 1.11 bits per heavy atom. The van der Waals surface area contributed by atoms with Crippen molar-refractivity contribution in [2.24, 2.45) is 11.1 Å². The third-order valence-corrected chi connectivity index (χ3v) is 7.21. The van der Waals surface area contributed by atoms with E-state index in [1.807, 2.05) is 0 Å². The predicted molar refractivity (Wildman–Crippen MR) is 117 cm³/mol. The Morgan fingerprint density at radius 3 is 2.35 bits per heavy atom. The number of nitrogens with zero attached hydrogens (tertiary/aromatic N) is 1. The Kier molecular flexibility index (Phi) is 6.78. The molecule has 3 N–H and O–H groups in total. The average Bonchev–Trinajstić information content (AvgIpc) is 3.58. The Bertz CT molecular complexity index is 1340. The second-order valence-corrected chi connectivity index (χ2v) is 10.7. The van der Waals surface area contributed by atoms with E-state index in [1.54, 1.807) is 0 Å². The van der Waals surface area contributed by atoms with Crippen LogP contribution in [0.4, 0.5) is 26.3 Å². The van der Waals surface area contributed by atoms with Crippen molar-refractivity contribution >= 4 is 21.8 Å². The zero-order valence-electron chi connectivity index (χ0n) is 18.9. The molecular formula is C23H21F6N3O4S. The van der Waals surface area contributed by atoms with Crippen LogP contribution in [0.15, 0.2) is 47.4 Å². The van der Waals surface area contributed by atoms with Crippen molar-refractivity contribution in [2.75, 3.05) is 6.54 Å².